The molecule has 1 amide bonds. The third-order valence-electron chi connectivity index (χ3n) is 3.24. The van der Waals surface area contributed by atoms with Gasteiger partial charge in [-0.25, -0.2) is 13.8 Å². The quantitative estimate of drug-likeness (QED) is 0.749. The van der Waals surface area contributed by atoms with Gasteiger partial charge in [-0.3, -0.25) is 4.79 Å². The van der Waals surface area contributed by atoms with Crippen molar-refractivity contribution < 1.29 is 13.6 Å². The van der Waals surface area contributed by atoms with E-state index in [1.807, 2.05) is 18.2 Å². The lowest BCUT2D eigenvalue weighted by atomic mass is 10.2. The molecule has 0 saturated heterocycles. The zero-order valence-corrected chi connectivity index (χ0v) is 12.5. The largest absolute Gasteiger partial charge is 0.352 e. The summed E-state index contributed by atoms with van der Waals surface area (Å²) in [6.07, 6.45) is 1.41. The van der Waals surface area contributed by atoms with Crippen molar-refractivity contribution in [3.05, 3.63) is 84.2 Å². The van der Waals surface area contributed by atoms with Crippen molar-refractivity contribution in [2.75, 3.05) is 10.6 Å². The minimum Gasteiger partial charge on any atom is -0.352 e. The minimum atomic E-state index is -0.708. The van der Waals surface area contributed by atoms with Gasteiger partial charge in [-0.2, -0.15) is 0 Å². The highest BCUT2D eigenvalue weighted by atomic mass is 19.1. The number of anilines is 3. The summed E-state index contributed by atoms with van der Waals surface area (Å²) in [7, 11) is 0. The van der Waals surface area contributed by atoms with Crippen LogP contribution in [0.1, 0.15) is 10.5 Å². The van der Waals surface area contributed by atoms with Crippen LogP contribution in [0.3, 0.4) is 0 Å². The van der Waals surface area contributed by atoms with Gasteiger partial charge in [-0.1, -0.05) is 18.2 Å². The molecule has 0 bridgehead atoms. The number of rotatable bonds is 4. The van der Waals surface area contributed by atoms with Crippen LogP contribution in [0.5, 0.6) is 0 Å². The maximum Gasteiger partial charge on any atom is 0.274 e. The van der Waals surface area contributed by atoms with Gasteiger partial charge >= 0.3 is 0 Å². The zero-order valence-electron chi connectivity index (χ0n) is 12.5. The van der Waals surface area contributed by atoms with Crippen LogP contribution in [-0.2, 0) is 0 Å². The van der Waals surface area contributed by atoms with Crippen LogP contribution in [0.25, 0.3) is 0 Å². The van der Waals surface area contributed by atoms with E-state index in [4.69, 9.17) is 0 Å². The fourth-order valence-corrected chi connectivity index (χ4v) is 2.07. The Hall–Kier alpha value is -3.28. The van der Waals surface area contributed by atoms with Gasteiger partial charge in [0.15, 0.2) is 0 Å². The molecule has 3 rings (SSSR count). The van der Waals surface area contributed by atoms with Crippen molar-refractivity contribution in [2.45, 2.75) is 0 Å². The highest BCUT2D eigenvalue weighted by Crippen LogP contribution is 2.20. The number of aromatic nitrogens is 1. The topological polar surface area (TPSA) is 54.0 Å². The Labute approximate surface area is 137 Å². The van der Waals surface area contributed by atoms with E-state index in [1.165, 1.54) is 18.3 Å². The summed E-state index contributed by atoms with van der Waals surface area (Å²) in [5.74, 6) is -1.70. The maximum absolute atomic E-state index is 13.6. The second-order valence-electron chi connectivity index (χ2n) is 5.00. The molecule has 6 heteroatoms. The molecule has 0 radical (unpaired) electrons. The van der Waals surface area contributed by atoms with Gasteiger partial charge in [0.1, 0.15) is 17.3 Å². The summed E-state index contributed by atoms with van der Waals surface area (Å²) in [4.78, 5) is 16.1. The third kappa shape index (κ3) is 3.73. The molecule has 2 aromatic carbocycles. The van der Waals surface area contributed by atoms with E-state index in [0.717, 1.165) is 12.1 Å². The van der Waals surface area contributed by atoms with Gasteiger partial charge in [0.25, 0.3) is 5.91 Å². The van der Waals surface area contributed by atoms with E-state index in [-0.39, 0.29) is 17.3 Å². The molecule has 4 nitrogen and oxygen atoms in total. The number of halogens is 2. The third-order valence-corrected chi connectivity index (χ3v) is 3.24. The van der Waals surface area contributed by atoms with Crippen LogP contribution < -0.4 is 10.6 Å². The van der Waals surface area contributed by atoms with E-state index in [9.17, 15) is 13.6 Å². The predicted molar refractivity (Wildman–Crippen MR) is 88.3 cm³/mol. The Morgan fingerprint density at radius 1 is 0.917 bits per heavy atom. The molecule has 0 fully saturated rings. The Kier molecular flexibility index (Phi) is 4.47. The predicted octanol–water partition coefficient (Wildman–Crippen LogP) is 4.36. The summed E-state index contributed by atoms with van der Waals surface area (Å²) in [6, 6.07) is 15.4. The van der Waals surface area contributed by atoms with Crippen LogP contribution >= 0.6 is 0 Å². The van der Waals surface area contributed by atoms with Crippen molar-refractivity contribution in [3.8, 4) is 0 Å². The highest BCUT2D eigenvalue weighted by molar-refractivity contribution is 6.02. The molecule has 0 aliphatic rings. The summed E-state index contributed by atoms with van der Waals surface area (Å²) in [5.41, 5.74) is 1.50. The van der Waals surface area contributed by atoms with Gasteiger partial charge in [-0.05, 0) is 36.4 Å². The molecular formula is C18H13F2N3O. The van der Waals surface area contributed by atoms with Crippen molar-refractivity contribution in [3.63, 3.8) is 0 Å². The van der Waals surface area contributed by atoms with Gasteiger partial charge in [-0.15, -0.1) is 0 Å². The van der Waals surface area contributed by atoms with Crippen molar-refractivity contribution in [1.82, 2.24) is 4.98 Å². The number of pyridine rings is 1. The summed E-state index contributed by atoms with van der Waals surface area (Å²) >= 11 is 0. The second-order valence-corrected chi connectivity index (χ2v) is 5.00. The lowest BCUT2D eigenvalue weighted by Gasteiger charge is -2.08. The number of carbonyl (C=O) groups excluding carboxylic acids is 1. The van der Waals surface area contributed by atoms with Crippen molar-refractivity contribution in [2.24, 2.45) is 0 Å². The Morgan fingerprint density at radius 2 is 1.71 bits per heavy atom. The van der Waals surface area contributed by atoms with E-state index in [0.29, 0.717) is 11.4 Å². The number of carbonyl (C=O) groups is 1. The Morgan fingerprint density at radius 3 is 2.38 bits per heavy atom. The summed E-state index contributed by atoms with van der Waals surface area (Å²) in [6.45, 7) is 0. The highest BCUT2D eigenvalue weighted by Gasteiger charge is 2.08. The molecule has 0 spiro atoms. The number of nitrogens with zero attached hydrogens (tertiary/aromatic N) is 1. The number of benzene rings is 2. The normalized spacial score (nSPS) is 10.2. The molecule has 0 aliphatic carbocycles. The van der Waals surface area contributed by atoms with Gasteiger partial charge in [0.2, 0.25) is 0 Å². The molecule has 1 aromatic heterocycles. The summed E-state index contributed by atoms with van der Waals surface area (Å²) < 4.78 is 26.5. The minimum absolute atomic E-state index is 0.125. The van der Waals surface area contributed by atoms with E-state index < -0.39 is 11.6 Å². The maximum atomic E-state index is 13.6. The number of para-hydroxylation sites is 1. The lowest BCUT2D eigenvalue weighted by Crippen LogP contribution is -2.13. The van der Waals surface area contributed by atoms with Gasteiger partial charge < -0.3 is 10.6 Å². The van der Waals surface area contributed by atoms with Crippen molar-refractivity contribution in [1.29, 1.82) is 0 Å². The molecule has 0 aliphatic heterocycles. The first-order valence-corrected chi connectivity index (χ1v) is 7.16. The molecule has 3 aromatic rings. The molecule has 1 heterocycles. The van der Waals surface area contributed by atoms with Crippen LogP contribution in [0.4, 0.5) is 25.8 Å². The first-order chi connectivity index (χ1) is 11.6. The summed E-state index contributed by atoms with van der Waals surface area (Å²) in [5, 5.41) is 5.50. The molecule has 2 N–H and O–H groups in total. The van der Waals surface area contributed by atoms with E-state index in [1.54, 1.807) is 18.2 Å². The molecule has 24 heavy (non-hydrogen) atoms. The number of hydrogen-bond acceptors (Lipinski definition) is 3. The molecule has 120 valence electrons. The zero-order chi connectivity index (χ0) is 16.9. The van der Waals surface area contributed by atoms with Gasteiger partial charge in [0, 0.05) is 11.8 Å². The van der Waals surface area contributed by atoms with Crippen molar-refractivity contribution >= 4 is 23.0 Å². The monoisotopic (exact) mass is 325 g/mol. The van der Waals surface area contributed by atoms with E-state index in [2.05, 4.69) is 15.6 Å². The average Bonchev–Trinajstić information content (AvgIpc) is 2.59. The number of hydrogen-bond donors (Lipinski definition) is 2. The van der Waals surface area contributed by atoms with Crippen LogP contribution in [0.15, 0.2) is 66.9 Å². The fourth-order valence-electron chi connectivity index (χ4n) is 2.07. The molecule has 0 unspecified atom stereocenters. The number of amides is 1. The molecule has 0 saturated carbocycles. The SMILES string of the molecule is O=C(Nc1ccccc1)c1ccc(Nc2ccc(F)cc2F)cn1. The standard InChI is InChI=1S/C18H13F2N3O/c19-12-6-8-16(15(20)10-12)22-14-7-9-17(21-11-14)18(24)23-13-4-2-1-3-5-13/h1-11,22H,(H,23,24). The lowest BCUT2D eigenvalue weighted by molar-refractivity contribution is 0.102. The first-order valence-electron chi connectivity index (χ1n) is 7.16. The average molecular weight is 325 g/mol. The molecule has 0 atom stereocenters. The Bertz CT molecular complexity index is 852. The Balaban J connectivity index is 1.70. The van der Waals surface area contributed by atoms with Crippen LogP contribution in [0, 0.1) is 11.6 Å². The van der Waals surface area contributed by atoms with E-state index >= 15 is 0 Å². The van der Waals surface area contributed by atoms with Crippen LogP contribution in [0.2, 0.25) is 0 Å². The molecular weight excluding hydrogens is 312 g/mol. The van der Waals surface area contributed by atoms with Gasteiger partial charge in [0.05, 0.1) is 17.6 Å². The first kappa shape index (κ1) is 15.6. The van der Waals surface area contributed by atoms with Crippen LogP contribution in [-0.4, -0.2) is 10.9 Å². The fraction of sp³-hybridized carbons (Fsp3) is 0. The second kappa shape index (κ2) is 6.87. The number of nitrogens with one attached hydrogen (secondary N) is 2. The smallest absolute Gasteiger partial charge is 0.274 e.